The fourth-order valence-corrected chi connectivity index (χ4v) is 4.58. The van der Waals surface area contributed by atoms with Gasteiger partial charge in [-0.2, -0.15) is 0 Å². The van der Waals surface area contributed by atoms with Crippen molar-refractivity contribution >= 4 is 17.1 Å². The average Bonchev–Trinajstić information content (AvgIpc) is 3.00. The number of rotatable bonds is 6. The second-order valence-corrected chi connectivity index (χ2v) is 8.96. The van der Waals surface area contributed by atoms with E-state index in [2.05, 4.69) is 93.7 Å². The van der Waals surface area contributed by atoms with Gasteiger partial charge in [-0.25, -0.2) is 4.39 Å². The highest BCUT2D eigenvalue weighted by Crippen LogP contribution is 2.37. The molecule has 0 fully saturated rings. The van der Waals surface area contributed by atoms with Gasteiger partial charge in [0.05, 0.1) is 0 Å². The molecule has 0 aliphatic carbocycles. The molecule has 4 heteroatoms. The third kappa shape index (κ3) is 4.93. The van der Waals surface area contributed by atoms with Crippen LogP contribution in [0.4, 0.5) is 21.5 Å². The minimum absolute atomic E-state index is 0.235. The molecule has 0 N–H and O–H groups in total. The number of halogens is 1. The molecule has 3 nitrogen and oxygen atoms in total. The van der Waals surface area contributed by atoms with E-state index in [0.29, 0.717) is 0 Å². The molecule has 0 spiro atoms. The predicted octanol–water partition coefficient (Wildman–Crippen LogP) is 9.09. The lowest BCUT2D eigenvalue weighted by Crippen LogP contribution is -2.09. The van der Waals surface area contributed by atoms with E-state index >= 15 is 0 Å². The van der Waals surface area contributed by atoms with Crippen LogP contribution < -0.4 is 4.90 Å². The first-order valence-corrected chi connectivity index (χ1v) is 12.4. The van der Waals surface area contributed by atoms with Crippen LogP contribution >= 0.6 is 0 Å². The Morgan fingerprint density at radius 3 is 1.26 bits per heavy atom. The summed E-state index contributed by atoms with van der Waals surface area (Å²) in [5.74, 6) is -0.235. The van der Waals surface area contributed by atoms with Crippen molar-refractivity contribution in [3.8, 4) is 33.4 Å². The van der Waals surface area contributed by atoms with Gasteiger partial charge in [0.2, 0.25) is 0 Å². The lowest BCUT2D eigenvalue weighted by molar-refractivity contribution is 0.628. The van der Waals surface area contributed by atoms with E-state index in [4.69, 9.17) is 0 Å². The molecule has 6 aromatic rings. The maximum Gasteiger partial charge on any atom is 0.123 e. The van der Waals surface area contributed by atoms with Crippen molar-refractivity contribution in [2.45, 2.75) is 0 Å². The molecule has 0 saturated heterocycles. The summed E-state index contributed by atoms with van der Waals surface area (Å²) in [5.41, 5.74) is 9.59. The van der Waals surface area contributed by atoms with Crippen molar-refractivity contribution < 1.29 is 4.39 Å². The smallest absolute Gasteiger partial charge is 0.123 e. The van der Waals surface area contributed by atoms with E-state index < -0.39 is 0 Å². The normalized spacial score (nSPS) is 10.8. The van der Waals surface area contributed by atoms with Crippen molar-refractivity contribution in [3.05, 3.63) is 152 Å². The maximum atomic E-state index is 13.4. The quantitative estimate of drug-likeness (QED) is 0.232. The molecule has 0 radical (unpaired) electrons. The summed E-state index contributed by atoms with van der Waals surface area (Å²) in [4.78, 5) is 10.6. The van der Waals surface area contributed by atoms with Gasteiger partial charge in [-0.05, 0) is 100 Å². The molecular weight excluding hydrogens is 469 g/mol. The van der Waals surface area contributed by atoms with E-state index in [0.717, 1.165) is 50.4 Å². The summed E-state index contributed by atoms with van der Waals surface area (Å²) in [6.45, 7) is 0. The highest BCUT2D eigenvalue weighted by atomic mass is 19.1. The average molecular weight is 494 g/mol. The summed E-state index contributed by atoms with van der Waals surface area (Å²) in [6.07, 6.45) is 7.27. The molecule has 0 saturated carbocycles. The van der Waals surface area contributed by atoms with Crippen LogP contribution in [0.3, 0.4) is 0 Å². The van der Waals surface area contributed by atoms with Crippen LogP contribution in [0.2, 0.25) is 0 Å². The Morgan fingerprint density at radius 2 is 0.816 bits per heavy atom. The van der Waals surface area contributed by atoms with Crippen LogP contribution in [0.15, 0.2) is 146 Å². The molecule has 6 rings (SSSR count). The molecule has 0 aliphatic heterocycles. The summed E-state index contributed by atoms with van der Waals surface area (Å²) in [6, 6.07) is 40.0. The Labute approximate surface area is 221 Å². The topological polar surface area (TPSA) is 29.0 Å². The molecule has 0 aliphatic rings. The minimum Gasteiger partial charge on any atom is -0.311 e. The Hall–Kier alpha value is -5.09. The Bertz CT molecular complexity index is 1530. The van der Waals surface area contributed by atoms with Crippen molar-refractivity contribution in [2.24, 2.45) is 0 Å². The molecule has 38 heavy (non-hydrogen) atoms. The molecule has 0 bridgehead atoms. The van der Waals surface area contributed by atoms with Crippen LogP contribution in [0, 0.1) is 5.82 Å². The van der Waals surface area contributed by atoms with E-state index in [9.17, 15) is 4.39 Å². The summed E-state index contributed by atoms with van der Waals surface area (Å²) < 4.78 is 13.4. The molecule has 0 atom stereocenters. The van der Waals surface area contributed by atoms with E-state index in [1.54, 1.807) is 18.3 Å². The first kappa shape index (κ1) is 23.3. The number of benzene rings is 4. The maximum absolute atomic E-state index is 13.4. The monoisotopic (exact) mass is 493 g/mol. The number of hydrogen-bond donors (Lipinski definition) is 0. The van der Waals surface area contributed by atoms with Crippen LogP contribution in [0.25, 0.3) is 33.4 Å². The van der Waals surface area contributed by atoms with Crippen molar-refractivity contribution in [3.63, 3.8) is 0 Å². The van der Waals surface area contributed by atoms with Crippen molar-refractivity contribution in [2.75, 3.05) is 4.90 Å². The van der Waals surface area contributed by atoms with Crippen LogP contribution in [0.5, 0.6) is 0 Å². The molecule has 2 heterocycles. The third-order valence-electron chi connectivity index (χ3n) is 6.56. The Balaban J connectivity index is 1.38. The van der Waals surface area contributed by atoms with Crippen LogP contribution in [-0.2, 0) is 0 Å². The highest BCUT2D eigenvalue weighted by Gasteiger charge is 2.14. The standard InChI is InChI=1S/C34H24FN3/c35-31-11-3-25(4-12-31)26-5-13-32(14-6-26)38(33-15-7-27(8-16-33)29-19-22-36-23-20-29)34-17-9-28(10-18-34)30-2-1-21-37-24-30/h1-24H. The number of nitrogens with zero attached hydrogens (tertiary/aromatic N) is 3. The molecule has 2 aromatic heterocycles. The fraction of sp³-hybridized carbons (Fsp3) is 0. The van der Waals surface area contributed by atoms with Gasteiger partial charge in [-0.3, -0.25) is 9.97 Å². The molecule has 182 valence electrons. The second-order valence-electron chi connectivity index (χ2n) is 8.96. The number of aromatic nitrogens is 2. The molecule has 0 unspecified atom stereocenters. The molecule has 4 aromatic carbocycles. The van der Waals surface area contributed by atoms with Crippen LogP contribution in [0.1, 0.15) is 0 Å². The van der Waals surface area contributed by atoms with Crippen molar-refractivity contribution in [1.82, 2.24) is 9.97 Å². The van der Waals surface area contributed by atoms with E-state index in [-0.39, 0.29) is 5.82 Å². The summed E-state index contributed by atoms with van der Waals surface area (Å²) in [5, 5.41) is 0. The Morgan fingerprint density at radius 1 is 0.395 bits per heavy atom. The van der Waals surface area contributed by atoms with E-state index in [1.165, 1.54) is 12.1 Å². The number of hydrogen-bond acceptors (Lipinski definition) is 3. The van der Waals surface area contributed by atoms with Gasteiger partial charge in [0.15, 0.2) is 0 Å². The number of pyridine rings is 2. The van der Waals surface area contributed by atoms with Gasteiger partial charge in [0.25, 0.3) is 0 Å². The SMILES string of the molecule is Fc1ccc(-c2ccc(N(c3ccc(-c4ccncc4)cc3)c3ccc(-c4cccnc4)cc3)cc2)cc1. The fourth-order valence-electron chi connectivity index (χ4n) is 4.58. The van der Waals surface area contributed by atoms with Gasteiger partial charge in [-0.1, -0.05) is 54.6 Å². The van der Waals surface area contributed by atoms with Crippen LogP contribution in [-0.4, -0.2) is 9.97 Å². The molecule has 0 amide bonds. The first-order chi connectivity index (χ1) is 18.7. The summed E-state index contributed by atoms with van der Waals surface area (Å²) >= 11 is 0. The lowest BCUT2D eigenvalue weighted by Gasteiger charge is -2.26. The highest BCUT2D eigenvalue weighted by molar-refractivity contribution is 5.80. The van der Waals surface area contributed by atoms with Gasteiger partial charge in [-0.15, -0.1) is 0 Å². The van der Waals surface area contributed by atoms with Crippen molar-refractivity contribution in [1.29, 1.82) is 0 Å². The minimum atomic E-state index is -0.235. The zero-order valence-corrected chi connectivity index (χ0v) is 20.6. The zero-order chi connectivity index (χ0) is 25.7. The lowest BCUT2D eigenvalue weighted by atomic mass is 10.0. The Kier molecular flexibility index (Phi) is 6.44. The number of anilines is 3. The third-order valence-corrected chi connectivity index (χ3v) is 6.56. The first-order valence-electron chi connectivity index (χ1n) is 12.4. The van der Waals surface area contributed by atoms with Gasteiger partial charge in [0, 0.05) is 41.8 Å². The summed E-state index contributed by atoms with van der Waals surface area (Å²) in [7, 11) is 0. The largest absolute Gasteiger partial charge is 0.311 e. The second kappa shape index (κ2) is 10.5. The van der Waals surface area contributed by atoms with Gasteiger partial charge in [0.1, 0.15) is 5.82 Å². The van der Waals surface area contributed by atoms with E-state index in [1.807, 2.05) is 36.8 Å². The predicted molar refractivity (Wildman–Crippen MR) is 153 cm³/mol. The van der Waals surface area contributed by atoms with Gasteiger partial charge >= 0.3 is 0 Å². The zero-order valence-electron chi connectivity index (χ0n) is 20.6. The van der Waals surface area contributed by atoms with Gasteiger partial charge < -0.3 is 4.90 Å². The molecular formula is C34H24FN3.